The molecule has 0 aliphatic rings. The molecular weight excluding hydrogens is 256 g/mol. The van der Waals surface area contributed by atoms with Crippen molar-refractivity contribution >= 4 is 21.4 Å². The molecular formula is C11H20N2O2S2. The average Bonchev–Trinajstić information content (AvgIpc) is 2.73. The molecule has 6 heteroatoms. The fraction of sp³-hybridized carbons (Fsp3) is 0.636. The first-order chi connectivity index (χ1) is 7.97. The molecule has 3 N–H and O–H groups in total. The quantitative estimate of drug-likeness (QED) is 0.747. The number of hydrogen-bond donors (Lipinski definition) is 2. The summed E-state index contributed by atoms with van der Waals surface area (Å²) in [6, 6.07) is 1.61. The van der Waals surface area contributed by atoms with E-state index < -0.39 is 10.0 Å². The van der Waals surface area contributed by atoms with E-state index in [4.69, 9.17) is 5.73 Å². The second-order valence-electron chi connectivity index (χ2n) is 4.35. The summed E-state index contributed by atoms with van der Waals surface area (Å²) in [7, 11) is -3.38. The van der Waals surface area contributed by atoms with Gasteiger partial charge in [0.15, 0.2) is 0 Å². The van der Waals surface area contributed by atoms with Gasteiger partial charge in [-0.05, 0) is 30.2 Å². The summed E-state index contributed by atoms with van der Waals surface area (Å²) >= 11 is 1.38. The summed E-state index contributed by atoms with van der Waals surface area (Å²) in [6.45, 7) is 5.00. The van der Waals surface area contributed by atoms with E-state index in [0.29, 0.717) is 22.2 Å². The lowest BCUT2D eigenvalue weighted by Crippen LogP contribution is -2.25. The molecule has 17 heavy (non-hydrogen) atoms. The van der Waals surface area contributed by atoms with E-state index in [1.165, 1.54) is 11.3 Å². The lowest BCUT2D eigenvalue weighted by Gasteiger charge is -2.08. The van der Waals surface area contributed by atoms with Gasteiger partial charge in [0.05, 0.1) is 4.90 Å². The minimum atomic E-state index is -3.38. The van der Waals surface area contributed by atoms with E-state index in [1.807, 2.05) is 0 Å². The van der Waals surface area contributed by atoms with Crippen LogP contribution in [0.3, 0.4) is 0 Å². The van der Waals surface area contributed by atoms with Crippen LogP contribution in [0.2, 0.25) is 0 Å². The zero-order valence-corrected chi connectivity index (χ0v) is 11.9. The lowest BCUT2D eigenvalue weighted by molar-refractivity contribution is 0.539. The van der Waals surface area contributed by atoms with Gasteiger partial charge in [0.2, 0.25) is 10.0 Å². The minimum Gasteiger partial charge on any atom is -0.326 e. The summed E-state index contributed by atoms with van der Waals surface area (Å²) in [5.41, 5.74) is 5.50. The Morgan fingerprint density at radius 1 is 1.47 bits per heavy atom. The zero-order chi connectivity index (χ0) is 12.9. The van der Waals surface area contributed by atoms with Gasteiger partial charge in [0.1, 0.15) is 0 Å². The van der Waals surface area contributed by atoms with E-state index >= 15 is 0 Å². The van der Waals surface area contributed by atoms with Crippen LogP contribution in [0, 0.1) is 5.92 Å². The maximum absolute atomic E-state index is 12.0. The minimum absolute atomic E-state index is 0.264. The third kappa shape index (κ3) is 4.39. The molecule has 0 bridgehead atoms. The monoisotopic (exact) mass is 276 g/mol. The van der Waals surface area contributed by atoms with Crippen LogP contribution in [0.4, 0.5) is 0 Å². The Bertz CT molecular complexity index is 438. The van der Waals surface area contributed by atoms with Gasteiger partial charge in [-0.3, -0.25) is 0 Å². The molecule has 0 radical (unpaired) electrons. The standard InChI is InChI=1S/C11H20N2O2S2/c1-9(2)4-3-6-13-17(14,15)11-5-7-16-10(11)8-12/h5,7,9,13H,3-4,6,8,12H2,1-2H3. The SMILES string of the molecule is CC(C)CCCNS(=O)(=O)c1ccsc1CN. The number of rotatable bonds is 7. The predicted molar refractivity (Wildman–Crippen MR) is 71.5 cm³/mol. The Kier molecular flexibility index (Phi) is 5.58. The van der Waals surface area contributed by atoms with Crippen molar-refractivity contribution in [3.63, 3.8) is 0 Å². The largest absolute Gasteiger partial charge is 0.326 e. The van der Waals surface area contributed by atoms with Crippen LogP contribution in [0.25, 0.3) is 0 Å². The van der Waals surface area contributed by atoms with Gasteiger partial charge >= 0.3 is 0 Å². The summed E-state index contributed by atoms with van der Waals surface area (Å²) < 4.78 is 26.5. The Balaban J connectivity index is 2.57. The number of nitrogens with one attached hydrogen (secondary N) is 1. The van der Waals surface area contributed by atoms with Crippen molar-refractivity contribution in [2.45, 2.75) is 38.1 Å². The smallest absolute Gasteiger partial charge is 0.241 e. The van der Waals surface area contributed by atoms with Crippen molar-refractivity contribution in [2.75, 3.05) is 6.54 Å². The van der Waals surface area contributed by atoms with Gasteiger partial charge in [-0.1, -0.05) is 13.8 Å². The second kappa shape index (κ2) is 6.49. The van der Waals surface area contributed by atoms with Crippen molar-refractivity contribution in [2.24, 2.45) is 11.7 Å². The van der Waals surface area contributed by atoms with Gasteiger partial charge in [0, 0.05) is 18.0 Å². The van der Waals surface area contributed by atoms with Crippen LogP contribution in [-0.4, -0.2) is 15.0 Å². The van der Waals surface area contributed by atoms with E-state index in [-0.39, 0.29) is 6.54 Å². The third-order valence-corrected chi connectivity index (χ3v) is 5.05. The van der Waals surface area contributed by atoms with Gasteiger partial charge < -0.3 is 5.73 Å². The van der Waals surface area contributed by atoms with Crippen LogP contribution < -0.4 is 10.5 Å². The van der Waals surface area contributed by atoms with Gasteiger partial charge in [-0.15, -0.1) is 11.3 Å². The van der Waals surface area contributed by atoms with Crippen LogP contribution in [0.1, 0.15) is 31.6 Å². The molecule has 0 spiro atoms. The van der Waals surface area contributed by atoms with E-state index in [9.17, 15) is 8.42 Å². The van der Waals surface area contributed by atoms with Crippen LogP contribution in [0.15, 0.2) is 16.3 Å². The fourth-order valence-electron chi connectivity index (χ4n) is 1.51. The van der Waals surface area contributed by atoms with Crippen molar-refractivity contribution in [1.29, 1.82) is 0 Å². The first-order valence-corrected chi connectivity index (χ1v) is 8.09. The molecule has 0 amide bonds. The molecule has 0 aliphatic carbocycles. The maximum Gasteiger partial charge on any atom is 0.241 e. The molecule has 1 heterocycles. The number of thiophene rings is 1. The molecule has 0 unspecified atom stereocenters. The maximum atomic E-state index is 12.0. The normalized spacial score (nSPS) is 12.2. The fourth-order valence-corrected chi connectivity index (χ4v) is 3.92. The highest BCUT2D eigenvalue weighted by atomic mass is 32.2. The highest BCUT2D eigenvalue weighted by Crippen LogP contribution is 2.21. The number of hydrogen-bond acceptors (Lipinski definition) is 4. The molecule has 4 nitrogen and oxygen atoms in total. The summed E-state index contributed by atoms with van der Waals surface area (Å²) in [4.78, 5) is 1.04. The molecule has 98 valence electrons. The van der Waals surface area contributed by atoms with Crippen LogP contribution >= 0.6 is 11.3 Å². The Morgan fingerprint density at radius 2 is 2.18 bits per heavy atom. The van der Waals surface area contributed by atoms with E-state index in [2.05, 4.69) is 18.6 Å². The van der Waals surface area contributed by atoms with Gasteiger partial charge in [0.25, 0.3) is 0 Å². The number of nitrogens with two attached hydrogens (primary N) is 1. The van der Waals surface area contributed by atoms with E-state index in [1.54, 1.807) is 11.4 Å². The van der Waals surface area contributed by atoms with Gasteiger partial charge in [-0.25, -0.2) is 13.1 Å². The molecule has 0 fully saturated rings. The first-order valence-electron chi connectivity index (χ1n) is 5.73. The predicted octanol–water partition coefficient (Wildman–Crippen LogP) is 1.92. The molecule has 1 aromatic rings. The molecule has 1 aromatic heterocycles. The summed E-state index contributed by atoms with van der Waals surface area (Å²) in [5, 5.41) is 1.75. The Morgan fingerprint density at radius 3 is 2.76 bits per heavy atom. The molecule has 0 saturated heterocycles. The van der Waals surface area contributed by atoms with Crippen molar-refractivity contribution in [3.05, 3.63) is 16.3 Å². The molecule has 0 saturated carbocycles. The molecule has 1 rings (SSSR count). The third-order valence-electron chi connectivity index (χ3n) is 2.43. The van der Waals surface area contributed by atoms with Gasteiger partial charge in [-0.2, -0.15) is 0 Å². The average molecular weight is 276 g/mol. The topological polar surface area (TPSA) is 72.2 Å². The Hall–Kier alpha value is -0.430. The molecule has 0 atom stereocenters. The summed E-state index contributed by atoms with van der Waals surface area (Å²) in [5.74, 6) is 0.597. The zero-order valence-electron chi connectivity index (χ0n) is 10.3. The van der Waals surface area contributed by atoms with Crippen molar-refractivity contribution in [3.8, 4) is 0 Å². The molecule has 0 aliphatic heterocycles. The molecule has 0 aromatic carbocycles. The highest BCUT2D eigenvalue weighted by molar-refractivity contribution is 7.89. The second-order valence-corrected chi connectivity index (χ2v) is 7.08. The number of sulfonamides is 1. The first kappa shape index (κ1) is 14.6. The summed E-state index contributed by atoms with van der Waals surface area (Å²) in [6.07, 6.45) is 1.88. The lowest BCUT2D eigenvalue weighted by atomic mass is 10.1. The van der Waals surface area contributed by atoms with E-state index in [0.717, 1.165) is 12.8 Å². The van der Waals surface area contributed by atoms with Crippen LogP contribution in [0.5, 0.6) is 0 Å². The Labute approximate surface area is 107 Å². The van der Waals surface area contributed by atoms with Crippen LogP contribution in [-0.2, 0) is 16.6 Å². The van der Waals surface area contributed by atoms with Crippen molar-refractivity contribution in [1.82, 2.24) is 4.72 Å². The van der Waals surface area contributed by atoms with Crippen molar-refractivity contribution < 1.29 is 8.42 Å². The highest BCUT2D eigenvalue weighted by Gasteiger charge is 2.18.